The second kappa shape index (κ2) is 10.6. The molecule has 0 unspecified atom stereocenters. The number of alkyl halides is 3. The van der Waals surface area contributed by atoms with Crippen LogP contribution < -0.4 is 15.4 Å². The fourth-order valence-electron chi connectivity index (χ4n) is 4.58. The van der Waals surface area contributed by atoms with Gasteiger partial charge in [-0.3, -0.25) is 0 Å². The summed E-state index contributed by atoms with van der Waals surface area (Å²) < 4.78 is 45.7. The summed E-state index contributed by atoms with van der Waals surface area (Å²) in [6, 6.07) is 18.5. The van der Waals surface area contributed by atoms with Crippen molar-refractivity contribution in [1.82, 2.24) is 14.9 Å². The van der Waals surface area contributed by atoms with Gasteiger partial charge >= 0.3 is 12.2 Å². The van der Waals surface area contributed by atoms with Gasteiger partial charge in [0, 0.05) is 36.3 Å². The van der Waals surface area contributed by atoms with Crippen LogP contribution in [0.3, 0.4) is 0 Å². The van der Waals surface area contributed by atoms with Crippen molar-refractivity contribution in [1.29, 1.82) is 0 Å². The number of urea groups is 1. The van der Waals surface area contributed by atoms with Crippen molar-refractivity contribution in [3.05, 3.63) is 78.6 Å². The average Bonchev–Trinajstić information content (AvgIpc) is 2.93. The molecule has 2 aromatic carbocycles. The molecular weight excluding hydrogens is 495 g/mol. The first-order valence-electron chi connectivity index (χ1n) is 12.2. The van der Waals surface area contributed by atoms with E-state index in [0.717, 1.165) is 11.6 Å². The highest BCUT2D eigenvalue weighted by molar-refractivity contribution is 5.99. The van der Waals surface area contributed by atoms with Crippen molar-refractivity contribution in [3.8, 4) is 16.9 Å². The molecule has 1 aliphatic heterocycles. The summed E-state index contributed by atoms with van der Waals surface area (Å²) >= 11 is 0. The molecule has 0 atom stereocenters. The molecule has 4 aromatic rings. The lowest BCUT2D eigenvalue weighted by Crippen LogP contribution is -2.44. The van der Waals surface area contributed by atoms with E-state index >= 15 is 0 Å². The van der Waals surface area contributed by atoms with Crippen LogP contribution >= 0.6 is 0 Å². The fourth-order valence-corrected chi connectivity index (χ4v) is 4.58. The van der Waals surface area contributed by atoms with Crippen molar-refractivity contribution >= 4 is 28.4 Å². The Morgan fingerprint density at radius 1 is 1.00 bits per heavy atom. The minimum atomic E-state index is -4.56. The predicted molar refractivity (Wildman–Crippen MR) is 140 cm³/mol. The topological polar surface area (TPSA) is 79.4 Å². The van der Waals surface area contributed by atoms with Crippen LogP contribution in [0, 0.1) is 0 Å². The molecule has 2 aromatic heterocycles. The number of ether oxygens (including phenoxy) is 1. The van der Waals surface area contributed by atoms with Crippen LogP contribution in [0.15, 0.2) is 72.9 Å². The number of carbonyl (C=O) groups excluding carboxylic acids is 1. The van der Waals surface area contributed by atoms with Gasteiger partial charge < -0.3 is 20.3 Å². The zero-order valence-electron chi connectivity index (χ0n) is 20.6. The lowest BCUT2D eigenvalue weighted by atomic mass is 10.0. The lowest BCUT2D eigenvalue weighted by Gasteiger charge is -2.33. The van der Waals surface area contributed by atoms with E-state index < -0.39 is 11.9 Å². The molecule has 3 heterocycles. The van der Waals surface area contributed by atoms with E-state index in [9.17, 15) is 18.0 Å². The molecular formula is C28H26F3N5O2. The van der Waals surface area contributed by atoms with Crippen LogP contribution in [-0.2, 0) is 6.18 Å². The van der Waals surface area contributed by atoms with Crippen LogP contribution in [-0.4, -0.2) is 47.1 Å². The highest BCUT2D eigenvalue weighted by Crippen LogP contribution is 2.35. The van der Waals surface area contributed by atoms with E-state index in [1.54, 1.807) is 30.3 Å². The molecule has 1 aliphatic rings. The summed E-state index contributed by atoms with van der Waals surface area (Å²) in [5, 5.41) is 6.78. The number of likely N-dealkylation sites (tertiary alicyclic amines) is 1. The van der Waals surface area contributed by atoms with Crippen LogP contribution in [0.1, 0.15) is 18.5 Å². The van der Waals surface area contributed by atoms with Gasteiger partial charge in [-0.15, -0.1) is 0 Å². The Balaban J connectivity index is 1.33. The summed E-state index contributed by atoms with van der Waals surface area (Å²) in [5.74, 6) is 1.05. The van der Waals surface area contributed by atoms with Crippen LogP contribution in [0.4, 0.5) is 29.5 Å². The van der Waals surface area contributed by atoms with Gasteiger partial charge in [-0.25, -0.2) is 14.8 Å². The van der Waals surface area contributed by atoms with E-state index in [1.807, 2.05) is 42.5 Å². The highest BCUT2D eigenvalue weighted by atomic mass is 19.4. The number of nitrogens with zero attached hydrogens (tertiary/aromatic N) is 3. The number of rotatable bonds is 5. The molecule has 0 saturated carbocycles. The van der Waals surface area contributed by atoms with Crippen molar-refractivity contribution in [2.45, 2.75) is 25.1 Å². The first kappa shape index (κ1) is 25.3. The number of amides is 2. The number of para-hydroxylation sites is 2. The molecule has 7 nitrogen and oxygen atoms in total. The quantitative estimate of drug-likeness (QED) is 0.316. The molecule has 0 spiro atoms. The fraction of sp³-hybridized carbons (Fsp3) is 0.250. The summed E-state index contributed by atoms with van der Waals surface area (Å²) in [5.41, 5.74) is 1.14. The molecule has 0 radical (unpaired) electrons. The number of halogens is 3. The maximum Gasteiger partial charge on any atom is 0.433 e. The van der Waals surface area contributed by atoms with E-state index in [2.05, 4.69) is 20.6 Å². The second-order valence-corrected chi connectivity index (χ2v) is 9.01. The molecule has 1 fully saturated rings. The SMILES string of the molecule is COc1ccccc1NC(=O)N1CCC(Nc2ncc(-c3ccccc3)c3nc(C(F)(F)F)ccc23)CC1. The van der Waals surface area contributed by atoms with Gasteiger partial charge in [0.1, 0.15) is 17.3 Å². The third-order valence-corrected chi connectivity index (χ3v) is 6.58. The molecule has 1 saturated heterocycles. The number of benzene rings is 2. The molecule has 5 rings (SSSR count). The number of nitrogens with one attached hydrogen (secondary N) is 2. The third-order valence-electron chi connectivity index (χ3n) is 6.58. The molecule has 196 valence electrons. The number of methoxy groups -OCH3 is 1. The number of aromatic nitrogens is 2. The van der Waals surface area contributed by atoms with E-state index in [1.165, 1.54) is 6.07 Å². The van der Waals surface area contributed by atoms with Crippen molar-refractivity contribution in [2.24, 2.45) is 0 Å². The predicted octanol–water partition coefficient (Wildman–Crippen LogP) is 6.43. The molecule has 0 aliphatic carbocycles. The number of anilines is 2. The first-order valence-corrected chi connectivity index (χ1v) is 12.2. The molecule has 0 bridgehead atoms. The van der Waals surface area contributed by atoms with E-state index in [-0.39, 0.29) is 17.6 Å². The first-order chi connectivity index (χ1) is 18.3. The Kier molecular flexibility index (Phi) is 7.04. The number of hydrogen-bond donors (Lipinski definition) is 2. The monoisotopic (exact) mass is 521 g/mol. The molecule has 2 amide bonds. The lowest BCUT2D eigenvalue weighted by molar-refractivity contribution is -0.140. The van der Waals surface area contributed by atoms with Gasteiger partial charge in [-0.1, -0.05) is 42.5 Å². The Morgan fingerprint density at radius 2 is 1.71 bits per heavy atom. The van der Waals surface area contributed by atoms with Crippen molar-refractivity contribution in [2.75, 3.05) is 30.8 Å². The molecule has 38 heavy (non-hydrogen) atoms. The van der Waals surface area contributed by atoms with Gasteiger partial charge in [0.25, 0.3) is 0 Å². The zero-order chi connectivity index (χ0) is 26.7. The third kappa shape index (κ3) is 5.34. The van der Waals surface area contributed by atoms with Crippen molar-refractivity contribution < 1.29 is 22.7 Å². The van der Waals surface area contributed by atoms with Crippen LogP contribution in [0.25, 0.3) is 22.0 Å². The number of piperidine rings is 1. The Bertz CT molecular complexity index is 1440. The average molecular weight is 522 g/mol. The number of carbonyl (C=O) groups is 1. The Hall–Kier alpha value is -4.34. The Labute approximate surface area is 217 Å². The summed E-state index contributed by atoms with van der Waals surface area (Å²) in [6.45, 7) is 1.02. The van der Waals surface area contributed by atoms with E-state index in [4.69, 9.17) is 4.74 Å². The minimum Gasteiger partial charge on any atom is -0.495 e. The molecule has 10 heteroatoms. The molecule has 2 N–H and O–H groups in total. The van der Waals surface area contributed by atoms with Gasteiger partial charge in [0.15, 0.2) is 0 Å². The minimum absolute atomic E-state index is 0.00845. The zero-order valence-corrected chi connectivity index (χ0v) is 20.6. The standard InChI is InChI=1S/C28H26F3N5O2/c1-38-23-10-6-5-9-22(23)34-27(37)36-15-13-19(14-16-36)33-26-20-11-12-24(28(29,30)31)35-25(20)21(17-32-26)18-7-3-2-4-8-18/h2-12,17,19H,13-16H2,1H3,(H,32,33)(H,34,37). The van der Waals surface area contributed by atoms with E-state index in [0.29, 0.717) is 54.1 Å². The van der Waals surface area contributed by atoms with Crippen LogP contribution in [0.5, 0.6) is 5.75 Å². The van der Waals surface area contributed by atoms with Crippen LogP contribution in [0.2, 0.25) is 0 Å². The van der Waals surface area contributed by atoms with Gasteiger partial charge in [-0.2, -0.15) is 13.2 Å². The summed E-state index contributed by atoms with van der Waals surface area (Å²) in [4.78, 5) is 23.1. The van der Waals surface area contributed by atoms with Gasteiger partial charge in [0.2, 0.25) is 0 Å². The summed E-state index contributed by atoms with van der Waals surface area (Å²) in [7, 11) is 1.55. The van der Waals surface area contributed by atoms with Crippen molar-refractivity contribution in [3.63, 3.8) is 0 Å². The number of fused-ring (bicyclic) bond motifs is 1. The maximum atomic E-state index is 13.5. The van der Waals surface area contributed by atoms with Gasteiger partial charge in [-0.05, 0) is 42.7 Å². The number of hydrogen-bond acceptors (Lipinski definition) is 5. The summed E-state index contributed by atoms with van der Waals surface area (Å²) in [6.07, 6.45) is -1.70. The largest absolute Gasteiger partial charge is 0.495 e. The number of pyridine rings is 2. The normalized spacial score (nSPS) is 14.4. The maximum absolute atomic E-state index is 13.5. The Morgan fingerprint density at radius 3 is 2.42 bits per heavy atom. The smallest absolute Gasteiger partial charge is 0.433 e. The highest BCUT2D eigenvalue weighted by Gasteiger charge is 2.33. The van der Waals surface area contributed by atoms with Gasteiger partial charge in [0.05, 0.1) is 18.3 Å². The second-order valence-electron chi connectivity index (χ2n) is 9.01.